The van der Waals surface area contributed by atoms with Crippen LogP contribution in [-0.4, -0.2) is 37.4 Å². The van der Waals surface area contributed by atoms with Crippen LogP contribution in [0.4, 0.5) is 4.39 Å². The highest BCUT2D eigenvalue weighted by Gasteiger charge is 2.14. The zero-order chi connectivity index (χ0) is 18.2. The molecule has 1 N–H and O–H groups in total. The van der Waals surface area contributed by atoms with Crippen molar-refractivity contribution in [3.05, 3.63) is 58.9 Å². The molecule has 2 aromatic carbocycles. The SMILES string of the molecule is COc1ccc(CN(CCO)Cc2cc(C#N)ccc2F)c(OC)c1. The van der Waals surface area contributed by atoms with Gasteiger partial charge in [0.2, 0.25) is 0 Å². The molecule has 0 saturated carbocycles. The molecule has 6 heteroatoms. The van der Waals surface area contributed by atoms with Crippen LogP contribution in [0.25, 0.3) is 0 Å². The number of ether oxygens (including phenoxy) is 2. The van der Waals surface area contributed by atoms with Gasteiger partial charge in [0.1, 0.15) is 17.3 Å². The molecule has 0 atom stereocenters. The molecule has 0 bridgehead atoms. The number of aliphatic hydroxyl groups excluding tert-OH is 1. The summed E-state index contributed by atoms with van der Waals surface area (Å²) in [5, 5.41) is 18.3. The Morgan fingerprint density at radius 2 is 1.84 bits per heavy atom. The normalized spacial score (nSPS) is 10.6. The Hall–Kier alpha value is -2.62. The minimum Gasteiger partial charge on any atom is -0.497 e. The van der Waals surface area contributed by atoms with Crippen LogP contribution in [0.15, 0.2) is 36.4 Å². The Kier molecular flexibility index (Phi) is 6.75. The Balaban J connectivity index is 2.23. The monoisotopic (exact) mass is 344 g/mol. The first-order valence-electron chi connectivity index (χ1n) is 7.84. The molecule has 2 aromatic rings. The van der Waals surface area contributed by atoms with Gasteiger partial charge in [-0.05, 0) is 24.3 Å². The number of rotatable bonds is 8. The molecule has 0 heterocycles. The molecule has 0 radical (unpaired) electrons. The maximum atomic E-state index is 14.0. The van der Waals surface area contributed by atoms with E-state index in [2.05, 4.69) is 0 Å². The first-order chi connectivity index (χ1) is 12.1. The maximum Gasteiger partial charge on any atom is 0.127 e. The highest BCUT2D eigenvalue weighted by atomic mass is 19.1. The fraction of sp³-hybridized carbons (Fsp3) is 0.316. The minimum atomic E-state index is -0.372. The van der Waals surface area contributed by atoms with E-state index in [1.807, 2.05) is 23.1 Å². The average molecular weight is 344 g/mol. The molecular weight excluding hydrogens is 323 g/mol. The van der Waals surface area contributed by atoms with Crippen molar-refractivity contribution < 1.29 is 19.0 Å². The summed E-state index contributed by atoms with van der Waals surface area (Å²) in [5.41, 5.74) is 1.72. The largest absolute Gasteiger partial charge is 0.497 e. The fourth-order valence-electron chi connectivity index (χ4n) is 2.59. The predicted octanol–water partition coefficient (Wildman–Crippen LogP) is 2.71. The Labute approximate surface area is 146 Å². The molecule has 25 heavy (non-hydrogen) atoms. The van der Waals surface area contributed by atoms with Gasteiger partial charge in [0.25, 0.3) is 0 Å². The molecule has 0 saturated heterocycles. The van der Waals surface area contributed by atoms with Crippen LogP contribution >= 0.6 is 0 Å². The molecule has 0 amide bonds. The Morgan fingerprint density at radius 3 is 2.48 bits per heavy atom. The molecule has 0 aliphatic rings. The van der Waals surface area contributed by atoms with Gasteiger partial charge in [0.05, 0.1) is 32.5 Å². The van der Waals surface area contributed by atoms with Gasteiger partial charge in [-0.3, -0.25) is 4.90 Å². The Bertz CT molecular complexity index is 759. The van der Waals surface area contributed by atoms with Crippen molar-refractivity contribution in [1.29, 1.82) is 5.26 Å². The van der Waals surface area contributed by atoms with E-state index >= 15 is 0 Å². The molecule has 132 valence electrons. The summed E-state index contributed by atoms with van der Waals surface area (Å²) in [5.74, 6) is 0.972. The van der Waals surface area contributed by atoms with E-state index < -0.39 is 0 Å². The van der Waals surface area contributed by atoms with Crippen molar-refractivity contribution in [2.24, 2.45) is 0 Å². The van der Waals surface area contributed by atoms with Crippen LogP contribution in [0.3, 0.4) is 0 Å². The molecule has 0 fully saturated rings. The molecule has 0 aliphatic heterocycles. The van der Waals surface area contributed by atoms with E-state index in [0.29, 0.717) is 35.7 Å². The van der Waals surface area contributed by atoms with E-state index in [9.17, 15) is 9.50 Å². The lowest BCUT2D eigenvalue weighted by Crippen LogP contribution is -2.26. The number of hydrogen-bond donors (Lipinski definition) is 1. The molecule has 2 rings (SSSR count). The summed E-state index contributed by atoms with van der Waals surface area (Å²) < 4.78 is 24.6. The molecular formula is C19H21FN2O3. The topological polar surface area (TPSA) is 65.7 Å². The van der Waals surface area contributed by atoms with Gasteiger partial charge in [-0.1, -0.05) is 6.07 Å². The lowest BCUT2D eigenvalue weighted by Gasteiger charge is -2.23. The first-order valence-corrected chi connectivity index (χ1v) is 7.84. The lowest BCUT2D eigenvalue weighted by atomic mass is 10.1. The van der Waals surface area contributed by atoms with Gasteiger partial charge in [0, 0.05) is 36.8 Å². The second kappa shape index (κ2) is 9.02. The van der Waals surface area contributed by atoms with E-state index in [1.165, 1.54) is 18.2 Å². The number of benzene rings is 2. The van der Waals surface area contributed by atoms with Gasteiger partial charge in [-0.2, -0.15) is 5.26 Å². The van der Waals surface area contributed by atoms with Crippen molar-refractivity contribution in [2.75, 3.05) is 27.4 Å². The van der Waals surface area contributed by atoms with Crippen molar-refractivity contribution in [1.82, 2.24) is 4.90 Å². The minimum absolute atomic E-state index is 0.0575. The van der Waals surface area contributed by atoms with E-state index in [4.69, 9.17) is 14.7 Å². The third-order valence-electron chi connectivity index (χ3n) is 3.87. The summed E-state index contributed by atoms with van der Waals surface area (Å²) in [7, 11) is 3.15. The Morgan fingerprint density at radius 1 is 1.08 bits per heavy atom. The number of halogens is 1. The predicted molar refractivity (Wildman–Crippen MR) is 91.9 cm³/mol. The van der Waals surface area contributed by atoms with Gasteiger partial charge in [-0.25, -0.2) is 4.39 Å². The molecule has 0 aromatic heterocycles. The maximum absolute atomic E-state index is 14.0. The summed E-state index contributed by atoms with van der Waals surface area (Å²) in [6.07, 6.45) is 0. The summed E-state index contributed by atoms with van der Waals surface area (Å²) in [6, 6.07) is 11.8. The molecule has 0 unspecified atom stereocenters. The molecule has 0 aliphatic carbocycles. The standard InChI is InChI=1S/C19H21FN2O3/c1-24-17-5-4-15(19(10-17)25-2)12-22(7-8-23)13-16-9-14(11-21)3-6-18(16)20/h3-6,9-10,23H,7-8,12-13H2,1-2H3. The smallest absolute Gasteiger partial charge is 0.127 e. The van der Waals surface area contributed by atoms with Crippen LogP contribution in [-0.2, 0) is 13.1 Å². The van der Waals surface area contributed by atoms with Gasteiger partial charge in [-0.15, -0.1) is 0 Å². The summed E-state index contributed by atoms with van der Waals surface area (Å²) >= 11 is 0. The second-order valence-corrected chi connectivity index (χ2v) is 5.53. The zero-order valence-electron chi connectivity index (χ0n) is 14.3. The van der Waals surface area contributed by atoms with Crippen LogP contribution < -0.4 is 9.47 Å². The van der Waals surface area contributed by atoms with Crippen molar-refractivity contribution in [3.63, 3.8) is 0 Å². The highest BCUT2D eigenvalue weighted by molar-refractivity contribution is 5.41. The quantitative estimate of drug-likeness (QED) is 0.798. The van der Waals surface area contributed by atoms with Gasteiger partial charge >= 0.3 is 0 Å². The van der Waals surface area contributed by atoms with Crippen LogP contribution in [0.1, 0.15) is 16.7 Å². The number of hydrogen-bond acceptors (Lipinski definition) is 5. The zero-order valence-corrected chi connectivity index (χ0v) is 14.3. The highest BCUT2D eigenvalue weighted by Crippen LogP contribution is 2.26. The second-order valence-electron chi connectivity index (χ2n) is 5.53. The van der Waals surface area contributed by atoms with Crippen LogP contribution in [0.5, 0.6) is 11.5 Å². The number of methoxy groups -OCH3 is 2. The molecule has 5 nitrogen and oxygen atoms in total. The van der Waals surface area contributed by atoms with Gasteiger partial charge < -0.3 is 14.6 Å². The van der Waals surface area contributed by atoms with Crippen molar-refractivity contribution in [2.45, 2.75) is 13.1 Å². The molecule has 0 spiro atoms. The first kappa shape index (κ1) is 18.7. The summed E-state index contributed by atoms with van der Waals surface area (Å²) in [6.45, 7) is 1.05. The van der Waals surface area contributed by atoms with Crippen molar-refractivity contribution >= 4 is 0 Å². The summed E-state index contributed by atoms with van der Waals surface area (Å²) in [4.78, 5) is 1.89. The third kappa shape index (κ3) is 4.92. The number of nitrogens with zero attached hydrogens (tertiary/aromatic N) is 2. The number of nitriles is 1. The number of aliphatic hydroxyl groups is 1. The van der Waals surface area contributed by atoms with Crippen LogP contribution in [0.2, 0.25) is 0 Å². The van der Waals surface area contributed by atoms with Crippen LogP contribution in [0, 0.1) is 17.1 Å². The van der Waals surface area contributed by atoms with Crippen molar-refractivity contribution in [3.8, 4) is 17.6 Å². The van der Waals surface area contributed by atoms with Gasteiger partial charge in [0.15, 0.2) is 0 Å². The average Bonchev–Trinajstić information content (AvgIpc) is 2.64. The van der Waals surface area contributed by atoms with E-state index in [-0.39, 0.29) is 19.0 Å². The lowest BCUT2D eigenvalue weighted by molar-refractivity contribution is 0.181. The van der Waals surface area contributed by atoms with E-state index in [0.717, 1.165) is 5.56 Å². The fourth-order valence-corrected chi connectivity index (χ4v) is 2.59. The third-order valence-corrected chi connectivity index (χ3v) is 3.87. The van der Waals surface area contributed by atoms with E-state index in [1.54, 1.807) is 20.3 Å².